The Bertz CT molecular complexity index is 1560. The number of anilines is 2. The molecule has 1 unspecified atom stereocenters. The fourth-order valence-corrected chi connectivity index (χ4v) is 7.63. The van der Waals surface area contributed by atoms with Crippen LogP contribution in [0.15, 0.2) is 29.2 Å². The maximum absolute atomic E-state index is 13.6. The van der Waals surface area contributed by atoms with Crippen LogP contribution in [0, 0.1) is 17.2 Å². The summed E-state index contributed by atoms with van der Waals surface area (Å²) in [4.78, 5) is 29.1. The summed E-state index contributed by atoms with van der Waals surface area (Å²) in [6, 6.07) is 7.62. The summed E-state index contributed by atoms with van der Waals surface area (Å²) in [5.74, 6) is -1.31. The van der Waals surface area contributed by atoms with Crippen LogP contribution in [0.3, 0.4) is 0 Å². The first-order valence-electron chi connectivity index (χ1n) is 17.0. The van der Waals surface area contributed by atoms with Gasteiger partial charge in [-0.3, -0.25) is 9.36 Å². The van der Waals surface area contributed by atoms with Crippen molar-refractivity contribution in [2.45, 2.75) is 97.0 Å². The predicted octanol–water partition coefficient (Wildman–Crippen LogP) is 6.04. The lowest BCUT2D eigenvalue weighted by molar-refractivity contribution is -0.171. The third kappa shape index (κ3) is 10.5. The Morgan fingerprint density at radius 1 is 1.16 bits per heavy atom. The monoisotopic (exact) mass is 741 g/mol. The summed E-state index contributed by atoms with van der Waals surface area (Å²) >= 11 is 0. The largest absolute Gasteiger partial charge is 0.491 e. The minimum atomic E-state index is -4.87. The van der Waals surface area contributed by atoms with Gasteiger partial charge in [0, 0.05) is 49.7 Å². The topological polar surface area (TPSA) is 146 Å². The number of carbonyl (C=O) groups is 1. The van der Waals surface area contributed by atoms with Crippen molar-refractivity contribution in [2.75, 3.05) is 45.5 Å². The molecule has 1 aromatic carbocycles. The van der Waals surface area contributed by atoms with E-state index in [1.54, 1.807) is 25.4 Å². The molecule has 282 valence electrons. The molecule has 0 amide bonds. The van der Waals surface area contributed by atoms with Crippen LogP contribution in [0.5, 0.6) is 5.75 Å². The second-order valence-corrected chi connectivity index (χ2v) is 14.3. The Kier molecular flexibility index (Phi) is 14.8. The Balaban J connectivity index is 1.52. The average Bonchev–Trinajstić information content (AvgIpc) is 3.37. The van der Waals surface area contributed by atoms with E-state index in [1.807, 2.05) is 13.0 Å². The van der Waals surface area contributed by atoms with Gasteiger partial charge in [-0.2, -0.15) is 23.4 Å². The molecule has 3 heterocycles. The third-order valence-corrected chi connectivity index (χ3v) is 10.5. The highest BCUT2D eigenvalue weighted by atomic mass is 31.2. The molecular weight excluding hydrogens is 694 g/mol. The molecule has 2 aliphatic heterocycles. The molecular formula is C34H47F3N5O8P. The van der Waals surface area contributed by atoms with Crippen molar-refractivity contribution in [3.8, 4) is 11.8 Å². The van der Waals surface area contributed by atoms with Crippen LogP contribution in [0.25, 0.3) is 0 Å². The van der Waals surface area contributed by atoms with Gasteiger partial charge >= 0.3 is 11.9 Å². The van der Waals surface area contributed by atoms with Crippen molar-refractivity contribution in [2.24, 2.45) is 5.92 Å². The molecule has 1 saturated heterocycles. The van der Waals surface area contributed by atoms with Gasteiger partial charge in [0.15, 0.2) is 6.23 Å². The number of ether oxygens (including phenoxy) is 4. The van der Waals surface area contributed by atoms with Crippen LogP contribution >= 0.6 is 8.53 Å². The molecule has 0 bridgehead atoms. The van der Waals surface area contributed by atoms with Crippen LogP contribution in [-0.4, -0.2) is 90.6 Å². The maximum atomic E-state index is 13.6. The first-order chi connectivity index (χ1) is 24.3. The predicted molar refractivity (Wildman–Crippen MR) is 183 cm³/mol. The molecule has 1 fully saturated rings. The minimum Gasteiger partial charge on any atom is -0.491 e. The zero-order valence-corrected chi connectivity index (χ0v) is 30.7. The molecule has 1 aromatic heterocycles. The summed E-state index contributed by atoms with van der Waals surface area (Å²) in [6.45, 7) is 11.1. The Morgan fingerprint density at radius 2 is 1.90 bits per heavy atom. The number of alkyl halides is 3. The van der Waals surface area contributed by atoms with E-state index in [0.29, 0.717) is 35.8 Å². The highest BCUT2D eigenvalue weighted by molar-refractivity contribution is 7.44. The maximum Gasteiger partial charge on any atom is 0.449 e. The molecule has 13 nitrogen and oxygen atoms in total. The van der Waals surface area contributed by atoms with Crippen LogP contribution in [0.4, 0.5) is 24.7 Å². The van der Waals surface area contributed by atoms with Crippen LogP contribution in [0.2, 0.25) is 0 Å². The first kappa shape index (κ1) is 40.6. The summed E-state index contributed by atoms with van der Waals surface area (Å²) in [7, 11) is 0.0556. The Morgan fingerprint density at radius 3 is 2.57 bits per heavy atom. The van der Waals surface area contributed by atoms with Crippen molar-refractivity contribution < 1.29 is 46.0 Å². The number of para-hydroxylation sites is 1. The van der Waals surface area contributed by atoms with Gasteiger partial charge in [-0.15, -0.1) is 0 Å². The van der Waals surface area contributed by atoms with Gasteiger partial charge < -0.3 is 33.3 Å². The van der Waals surface area contributed by atoms with Crippen molar-refractivity contribution in [1.82, 2.24) is 14.2 Å². The molecule has 2 aliphatic rings. The molecule has 17 heteroatoms. The summed E-state index contributed by atoms with van der Waals surface area (Å²) < 4.78 is 77.4. The van der Waals surface area contributed by atoms with Crippen molar-refractivity contribution in [1.29, 1.82) is 5.26 Å². The van der Waals surface area contributed by atoms with Gasteiger partial charge in [-0.25, -0.2) is 9.46 Å². The average molecular weight is 742 g/mol. The molecule has 0 saturated carbocycles. The number of nitriles is 1. The molecule has 0 spiro atoms. The Labute approximate surface area is 297 Å². The highest BCUT2D eigenvalue weighted by Crippen LogP contribution is 2.47. The van der Waals surface area contributed by atoms with Gasteiger partial charge in [-0.1, -0.05) is 19.1 Å². The van der Waals surface area contributed by atoms with Gasteiger partial charge in [0.25, 0.3) is 8.53 Å². The Hall–Kier alpha value is -3.16. The van der Waals surface area contributed by atoms with E-state index >= 15 is 0 Å². The number of ketones is 1. The third-order valence-electron chi connectivity index (χ3n) is 8.47. The van der Waals surface area contributed by atoms with Gasteiger partial charge in [0.2, 0.25) is 5.78 Å². The highest BCUT2D eigenvalue weighted by Gasteiger charge is 2.45. The number of halogens is 3. The number of Topliss-reactive ketones (excluding diaryl/α,β-unsaturated/α-hetero) is 1. The lowest BCUT2D eigenvalue weighted by Crippen LogP contribution is -2.36. The van der Waals surface area contributed by atoms with E-state index in [-0.39, 0.29) is 57.3 Å². The van der Waals surface area contributed by atoms with E-state index < -0.39 is 51.0 Å². The van der Waals surface area contributed by atoms with Crippen molar-refractivity contribution in [3.05, 3.63) is 46.0 Å². The minimum absolute atomic E-state index is 0.102. The molecule has 4 rings (SSSR count). The van der Waals surface area contributed by atoms with Crippen molar-refractivity contribution in [3.63, 3.8) is 0 Å². The number of rotatable bonds is 19. The SMILES string of the molecule is COCCO[C@@H]1[C@H](C)[C@@H](COP(OCCC#N)N(C(C)C)C(C)C)O[C@H]1n1cc2c(nc1=O)Nc1c(cccc1OCCCC(=O)C(F)(F)F)C2. The summed E-state index contributed by atoms with van der Waals surface area (Å²) in [5.41, 5.74) is 1.50. The van der Waals surface area contributed by atoms with E-state index in [0.717, 1.165) is 5.56 Å². The van der Waals surface area contributed by atoms with Crippen LogP contribution < -0.4 is 15.7 Å². The van der Waals surface area contributed by atoms with E-state index in [9.17, 15) is 22.8 Å². The van der Waals surface area contributed by atoms with Crippen LogP contribution in [0.1, 0.15) is 71.2 Å². The number of hydrogen-bond acceptors (Lipinski definition) is 12. The lowest BCUT2D eigenvalue weighted by Gasteiger charge is -2.36. The zero-order valence-electron chi connectivity index (χ0n) is 29.8. The smallest absolute Gasteiger partial charge is 0.449 e. The number of nitrogens with zero attached hydrogens (tertiary/aromatic N) is 4. The molecule has 0 aliphatic carbocycles. The fourth-order valence-electron chi connectivity index (χ4n) is 6.01. The number of hydrogen-bond donors (Lipinski definition) is 1. The molecule has 1 N–H and O–H groups in total. The molecule has 51 heavy (non-hydrogen) atoms. The van der Waals surface area contributed by atoms with E-state index in [2.05, 4.69) is 48.7 Å². The van der Waals surface area contributed by atoms with E-state index in [4.69, 9.17) is 33.3 Å². The van der Waals surface area contributed by atoms with Gasteiger partial charge in [-0.05, 0) is 45.7 Å². The van der Waals surface area contributed by atoms with Crippen molar-refractivity contribution >= 4 is 25.8 Å². The quantitative estimate of drug-likeness (QED) is 0.113. The van der Waals surface area contributed by atoms with Gasteiger partial charge in [0.05, 0.1) is 57.3 Å². The number of nitrogens with one attached hydrogen (secondary N) is 1. The second-order valence-electron chi connectivity index (χ2n) is 12.9. The fraction of sp³-hybridized carbons (Fsp3) is 0.647. The lowest BCUT2D eigenvalue weighted by atomic mass is 9.99. The normalized spacial score (nSPS) is 20.6. The van der Waals surface area contributed by atoms with Gasteiger partial charge in [0.1, 0.15) is 17.7 Å². The number of benzene rings is 1. The summed E-state index contributed by atoms with van der Waals surface area (Å²) in [6.07, 6.45) is -5.19. The first-order valence-corrected chi connectivity index (χ1v) is 18.1. The summed E-state index contributed by atoms with van der Waals surface area (Å²) in [5, 5.41) is 12.2. The number of fused-ring (bicyclic) bond motifs is 2. The standard InChI is InChI=1S/C34H47F3N5O8P/c1-21(2)42(22(3)4)51(48-15-9-13-38)49-20-27-23(5)30(47-17-16-45-6)32(50-27)41-19-25-18-24-10-7-11-26(29(24)39-31(25)40-33(41)44)46-14-8-12-28(43)34(35,36)37/h7,10-11,19,21-23,27,30,32H,8-9,12,14-18,20H2,1-6H3,(H,39,40,44)/t23-,27-,30-,32-,51?/m1/s1. The van der Waals surface area contributed by atoms with Crippen LogP contribution in [-0.2, 0) is 34.5 Å². The number of carbonyl (C=O) groups excluding carboxylic acids is 1. The number of methoxy groups -OCH3 is 1. The molecule has 5 atom stereocenters. The van der Waals surface area contributed by atoms with E-state index in [1.165, 1.54) is 4.57 Å². The molecule has 2 aromatic rings. The second kappa shape index (κ2) is 18.6. The molecule has 0 radical (unpaired) electrons. The zero-order chi connectivity index (χ0) is 37.3. The number of aromatic nitrogens is 2.